The first-order valence-corrected chi connectivity index (χ1v) is 7.92. The van der Waals surface area contributed by atoms with Crippen molar-refractivity contribution in [3.05, 3.63) is 68.8 Å². The van der Waals surface area contributed by atoms with Gasteiger partial charge in [-0.15, -0.1) is 0 Å². The van der Waals surface area contributed by atoms with Gasteiger partial charge < -0.3 is 15.2 Å². The van der Waals surface area contributed by atoms with Crippen LogP contribution in [-0.2, 0) is 35.5 Å². The molecule has 0 spiro atoms. The van der Waals surface area contributed by atoms with Crippen LogP contribution in [-0.4, -0.2) is 18.1 Å². The highest BCUT2D eigenvalue weighted by atomic mass is 16.6. The van der Waals surface area contributed by atoms with E-state index in [1.165, 1.54) is 11.1 Å². The molecule has 2 aliphatic rings. The minimum atomic E-state index is -0.380. The molecule has 0 aromatic heterocycles. The van der Waals surface area contributed by atoms with Gasteiger partial charge in [-0.3, -0.25) is 10.1 Å². The van der Waals surface area contributed by atoms with Gasteiger partial charge in [-0.2, -0.15) is 0 Å². The molecule has 6 heteroatoms. The number of ether oxygens (including phenoxy) is 2. The first kappa shape index (κ1) is 16.4. The molecule has 0 fully saturated rings. The number of rotatable bonds is 1. The van der Waals surface area contributed by atoms with Crippen molar-refractivity contribution in [3.8, 4) is 0 Å². The SMILES string of the molecule is Nc1ccc2c(c1)COCC2.O=[N+]([O-])c1ccc2c(c1)COCC2. The Kier molecular flexibility index (Phi) is 5.08. The summed E-state index contributed by atoms with van der Waals surface area (Å²) in [6.45, 7) is 2.78. The fourth-order valence-electron chi connectivity index (χ4n) is 2.86. The zero-order valence-corrected chi connectivity index (χ0v) is 13.4. The van der Waals surface area contributed by atoms with Gasteiger partial charge in [0.25, 0.3) is 5.69 Å². The van der Waals surface area contributed by atoms with Gasteiger partial charge in [-0.25, -0.2) is 0 Å². The van der Waals surface area contributed by atoms with Crippen molar-refractivity contribution in [2.75, 3.05) is 18.9 Å². The van der Waals surface area contributed by atoms with Crippen LogP contribution in [0.15, 0.2) is 36.4 Å². The van der Waals surface area contributed by atoms with Crippen LogP contribution >= 0.6 is 0 Å². The zero-order chi connectivity index (χ0) is 16.9. The third kappa shape index (κ3) is 3.90. The lowest BCUT2D eigenvalue weighted by atomic mass is 10.0. The molecule has 0 aliphatic carbocycles. The first-order valence-electron chi connectivity index (χ1n) is 7.92. The Morgan fingerprint density at radius 3 is 2.08 bits per heavy atom. The average molecular weight is 328 g/mol. The average Bonchev–Trinajstić information content (AvgIpc) is 2.61. The molecule has 0 saturated heterocycles. The maximum atomic E-state index is 10.5. The zero-order valence-electron chi connectivity index (χ0n) is 13.4. The number of nitro groups is 1. The lowest BCUT2D eigenvalue weighted by Gasteiger charge is -2.16. The minimum absolute atomic E-state index is 0.143. The maximum absolute atomic E-state index is 10.5. The second-order valence-corrected chi connectivity index (χ2v) is 5.84. The van der Waals surface area contributed by atoms with Gasteiger partial charge in [0.05, 0.1) is 31.4 Å². The summed E-state index contributed by atoms with van der Waals surface area (Å²) in [6, 6.07) is 11.0. The van der Waals surface area contributed by atoms with E-state index in [0.29, 0.717) is 13.2 Å². The molecule has 0 radical (unpaired) electrons. The smallest absolute Gasteiger partial charge is 0.269 e. The number of fused-ring (bicyclic) bond motifs is 2. The molecule has 2 N–H and O–H groups in total. The van der Waals surface area contributed by atoms with Crippen LogP contribution in [0.1, 0.15) is 22.3 Å². The largest absolute Gasteiger partial charge is 0.399 e. The van der Waals surface area contributed by atoms with E-state index in [2.05, 4.69) is 6.07 Å². The number of nitro benzene ring substituents is 1. The van der Waals surface area contributed by atoms with E-state index >= 15 is 0 Å². The third-order valence-corrected chi connectivity index (χ3v) is 4.18. The van der Waals surface area contributed by atoms with Gasteiger partial charge in [0.1, 0.15) is 0 Å². The van der Waals surface area contributed by atoms with Crippen molar-refractivity contribution in [3.63, 3.8) is 0 Å². The number of non-ortho nitro benzene ring substituents is 1. The topological polar surface area (TPSA) is 87.6 Å². The molecular weight excluding hydrogens is 308 g/mol. The highest BCUT2D eigenvalue weighted by Crippen LogP contribution is 2.22. The summed E-state index contributed by atoms with van der Waals surface area (Å²) >= 11 is 0. The van der Waals surface area contributed by atoms with Crippen molar-refractivity contribution in [2.45, 2.75) is 26.1 Å². The monoisotopic (exact) mass is 328 g/mol. The Hall–Kier alpha value is -2.44. The minimum Gasteiger partial charge on any atom is -0.399 e. The van der Waals surface area contributed by atoms with Crippen molar-refractivity contribution in [1.29, 1.82) is 0 Å². The predicted molar refractivity (Wildman–Crippen MR) is 90.7 cm³/mol. The van der Waals surface area contributed by atoms with Gasteiger partial charge in [0.2, 0.25) is 0 Å². The van der Waals surface area contributed by atoms with Gasteiger partial charge in [-0.05, 0) is 47.2 Å². The standard InChI is InChI=1S/C9H9NO3.C9H11NO/c11-10(12)9-2-1-7-3-4-13-6-8(7)5-9;10-9-2-1-7-3-4-11-6-8(7)5-9/h1-2,5H,3-4,6H2;1-2,5H,3-4,6,10H2. The normalized spacial score (nSPS) is 15.5. The predicted octanol–water partition coefficient (Wildman–Crippen LogP) is 3.01. The lowest BCUT2D eigenvalue weighted by Crippen LogP contribution is -2.09. The van der Waals surface area contributed by atoms with Crippen LogP contribution < -0.4 is 5.73 Å². The van der Waals surface area contributed by atoms with Gasteiger partial charge >= 0.3 is 0 Å². The van der Waals surface area contributed by atoms with Crippen LogP contribution in [0, 0.1) is 10.1 Å². The molecule has 0 bridgehead atoms. The molecule has 0 unspecified atom stereocenters. The van der Waals surface area contributed by atoms with Crippen molar-refractivity contribution < 1.29 is 14.4 Å². The lowest BCUT2D eigenvalue weighted by molar-refractivity contribution is -0.385. The summed E-state index contributed by atoms with van der Waals surface area (Å²) in [5.41, 5.74) is 11.3. The van der Waals surface area contributed by atoms with Crippen LogP contribution in [0.4, 0.5) is 11.4 Å². The number of benzene rings is 2. The molecule has 6 nitrogen and oxygen atoms in total. The number of nitrogens with zero attached hydrogens (tertiary/aromatic N) is 1. The van der Waals surface area contributed by atoms with Crippen molar-refractivity contribution in [1.82, 2.24) is 0 Å². The molecule has 2 aromatic rings. The summed E-state index contributed by atoms with van der Waals surface area (Å²) in [4.78, 5) is 10.1. The third-order valence-electron chi connectivity index (χ3n) is 4.18. The highest BCUT2D eigenvalue weighted by Gasteiger charge is 2.13. The van der Waals surface area contributed by atoms with Gasteiger partial charge in [0, 0.05) is 17.8 Å². The molecule has 4 rings (SSSR count). The van der Waals surface area contributed by atoms with E-state index in [0.717, 1.165) is 42.9 Å². The Labute approximate surface area is 140 Å². The second-order valence-electron chi connectivity index (χ2n) is 5.84. The molecule has 24 heavy (non-hydrogen) atoms. The van der Waals surface area contributed by atoms with E-state index in [1.807, 2.05) is 18.2 Å². The van der Waals surface area contributed by atoms with Gasteiger partial charge in [0.15, 0.2) is 0 Å². The summed E-state index contributed by atoms with van der Waals surface area (Å²) < 4.78 is 10.5. The van der Waals surface area contributed by atoms with Crippen LogP contribution in [0.3, 0.4) is 0 Å². The van der Waals surface area contributed by atoms with E-state index < -0.39 is 0 Å². The molecule has 2 aliphatic heterocycles. The number of nitrogen functional groups attached to an aromatic ring is 1. The quantitative estimate of drug-likeness (QED) is 0.494. The Bertz CT molecular complexity index is 746. The number of hydrogen-bond acceptors (Lipinski definition) is 5. The Morgan fingerprint density at radius 2 is 1.46 bits per heavy atom. The van der Waals surface area contributed by atoms with Gasteiger partial charge in [-0.1, -0.05) is 12.1 Å². The first-order chi connectivity index (χ1) is 11.6. The molecule has 0 amide bonds. The van der Waals surface area contributed by atoms with Crippen LogP contribution in [0.2, 0.25) is 0 Å². The summed E-state index contributed by atoms with van der Waals surface area (Å²) in [6.07, 6.45) is 1.88. The molecule has 0 saturated carbocycles. The molecular formula is C18H20N2O4. The highest BCUT2D eigenvalue weighted by molar-refractivity contribution is 5.45. The molecule has 0 atom stereocenters. The molecule has 126 valence electrons. The maximum Gasteiger partial charge on any atom is 0.269 e. The number of nitrogens with two attached hydrogens (primary N) is 1. The van der Waals surface area contributed by atoms with E-state index in [4.69, 9.17) is 15.2 Å². The summed E-state index contributed by atoms with van der Waals surface area (Å²) in [7, 11) is 0. The van der Waals surface area contributed by atoms with E-state index in [9.17, 15) is 10.1 Å². The fourth-order valence-corrected chi connectivity index (χ4v) is 2.86. The van der Waals surface area contributed by atoms with E-state index in [1.54, 1.807) is 12.1 Å². The fraction of sp³-hybridized carbons (Fsp3) is 0.333. The second kappa shape index (κ2) is 7.42. The number of anilines is 1. The number of hydrogen-bond donors (Lipinski definition) is 1. The summed E-state index contributed by atoms with van der Waals surface area (Å²) in [5.74, 6) is 0. The van der Waals surface area contributed by atoms with Crippen molar-refractivity contribution in [2.24, 2.45) is 0 Å². The van der Waals surface area contributed by atoms with E-state index in [-0.39, 0.29) is 10.6 Å². The molecule has 2 heterocycles. The van der Waals surface area contributed by atoms with Crippen LogP contribution in [0.5, 0.6) is 0 Å². The summed E-state index contributed by atoms with van der Waals surface area (Å²) in [5, 5.41) is 10.5. The Balaban J connectivity index is 0.000000143. The van der Waals surface area contributed by atoms with Crippen molar-refractivity contribution >= 4 is 11.4 Å². The Morgan fingerprint density at radius 1 is 0.875 bits per heavy atom. The molecule has 2 aromatic carbocycles. The van der Waals surface area contributed by atoms with Crippen LogP contribution in [0.25, 0.3) is 0 Å².